The molecule has 0 amide bonds. The molecule has 7 heteroatoms. The zero-order valence-electron chi connectivity index (χ0n) is 32.6. The fraction of sp³-hybridized carbons (Fsp3) is 0.200. The Bertz CT molecular complexity index is 2250. The van der Waals surface area contributed by atoms with E-state index in [2.05, 4.69) is 124 Å². The summed E-state index contributed by atoms with van der Waals surface area (Å²) in [5, 5.41) is 2.10. The van der Waals surface area contributed by atoms with Crippen molar-refractivity contribution >= 4 is 26.5 Å². The van der Waals surface area contributed by atoms with Crippen molar-refractivity contribution in [3.8, 4) is 34.6 Å². The number of hydrogen-bond acceptors (Lipinski definition) is 5. The summed E-state index contributed by atoms with van der Waals surface area (Å²) < 4.78 is 40.9. The van der Waals surface area contributed by atoms with Gasteiger partial charge in [0.05, 0.1) is 26.4 Å². The smallest absolute Gasteiger partial charge is 0.402 e. The van der Waals surface area contributed by atoms with Crippen molar-refractivity contribution in [1.82, 2.24) is 0 Å². The molecule has 2 aliphatic rings. The molecule has 0 fully saturated rings. The topological polar surface area (TPSA) is 54.0 Å². The van der Waals surface area contributed by atoms with Crippen molar-refractivity contribution in [2.75, 3.05) is 26.4 Å². The van der Waals surface area contributed by atoms with Gasteiger partial charge in [-0.15, -0.1) is 6.42 Å². The third-order valence-corrected chi connectivity index (χ3v) is 17.7. The molecule has 57 heavy (non-hydrogen) atoms. The zero-order chi connectivity index (χ0) is 39.5. The number of hydrogen-bond donors (Lipinski definition) is 0. The summed E-state index contributed by atoms with van der Waals surface area (Å²) in [7, 11) is -7.01. The van der Waals surface area contributed by atoms with E-state index in [0.29, 0.717) is 5.57 Å². The lowest BCUT2D eigenvalue weighted by Gasteiger charge is -2.43. The van der Waals surface area contributed by atoms with Crippen LogP contribution in [-0.4, -0.2) is 34.7 Å². The van der Waals surface area contributed by atoms with Gasteiger partial charge in [-0.2, -0.15) is 0 Å². The minimum Gasteiger partial charge on any atom is -0.402 e. The van der Waals surface area contributed by atoms with Gasteiger partial charge in [-0.05, 0) is 66.0 Å². The minimum atomic E-state index is -4.16. The van der Waals surface area contributed by atoms with Crippen molar-refractivity contribution in [1.29, 1.82) is 0 Å². The second-order valence-electron chi connectivity index (χ2n) is 15.6. The highest BCUT2D eigenvalue weighted by Crippen LogP contribution is 2.55. The van der Waals surface area contributed by atoms with Crippen molar-refractivity contribution in [2.45, 2.75) is 37.6 Å². The van der Waals surface area contributed by atoms with E-state index < -0.39 is 16.1 Å². The van der Waals surface area contributed by atoms with Gasteiger partial charge in [0.15, 0.2) is 0 Å². The van der Waals surface area contributed by atoms with Gasteiger partial charge in [-0.1, -0.05) is 184 Å². The normalized spacial score (nSPS) is 14.1. The molecular weight excluding hydrogens is 740 g/mol. The third-order valence-electron chi connectivity index (χ3n) is 11.3. The molecule has 0 aliphatic heterocycles. The molecule has 0 spiro atoms. The molecule has 0 heterocycles. The lowest BCUT2D eigenvalue weighted by molar-refractivity contribution is 0.116. The van der Waals surface area contributed by atoms with E-state index in [-0.39, 0.29) is 43.3 Å². The lowest BCUT2D eigenvalue weighted by Crippen LogP contribution is -2.66. The monoisotopic (exact) mass is 786 g/mol. The Labute approximate surface area is 338 Å². The Morgan fingerprint density at radius 3 is 1.33 bits per heavy atom. The Hall–Kier alpha value is -5.09. The largest absolute Gasteiger partial charge is 0.475 e. The van der Waals surface area contributed by atoms with Crippen molar-refractivity contribution in [3.05, 3.63) is 192 Å². The van der Waals surface area contributed by atoms with Crippen LogP contribution in [0.4, 0.5) is 0 Å². The van der Waals surface area contributed by atoms with Gasteiger partial charge in [-0.3, -0.25) is 13.6 Å². The van der Waals surface area contributed by atoms with Gasteiger partial charge >= 0.3 is 7.82 Å². The van der Waals surface area contributed by atoms with Gasteiger partial charge in [0.2, 0.25) is 0 Å². The summed E-state index contributed by atoms with van der Waals surface area (Å²) in [4.78, 5) is 0. The van der Waals surface area contributed by atoms with Gasteiger partial charge in [0.25, 0.3) is 8.32 Å². The number of terminal acetylenes is 1. The van der Waals surface area contributed by atoms with E-state index in [1.165, 1.54) is 0 Å². The minimum absolute atomic E-state index is 0.0867. The summed E-state index contributed by atoms with van der Waals surface area (Å²) in [6.07, 6.45) is 7.89. The highest BCUT2D eigenvalue weighted by atomic mass is 31.2. The number of fused-ring (bicyclic) bond motifs is 6. The Balaban J connectivity index is 1.06. The van der Waals surface area contributed by atoms with Crippen LogP contribution in [0.5, 0.6) is 0 Å². The predicted octanol–water partition coefficient (Wildman–Crippen LogP) is 10.9. The van der Waals surface area contributed by atoms with Crippen LogP contribution < -0.4 is 10.4 Å². The predicted molar refractivity (Wildman–Crippen MR) is 233 cm³/mol. The summed E-state index contributed by atoms with van der Waals surface area (Å²) in [5.41, 5.74) is 9.70. The molecule has 0 radical (unpaired) electrons. The first-order valence-electron chi connectivity index (χ1n) is 19.5. The highest BCUT2D eigenvalue weighted by Gasteiger charge is 2.50. The van der Waals surface area contributed by atoms with Crippen LogP contribution in [0.25, 0.3) is 22.3 Å². The maximum atomic E-state index is 14.9. The van der Waals surface area contributed by atoms with E-state index in [1.54, 1.807) is 6.08 Å². The van der Waals surface area contributed by atoms with Crippen LogP contribution in [-0.2, 0) is 22.6 Å². The van der Waals surface area contributed by atoms with Crippen molar-refractivity contribution in [3.63, 3.8) is 0 Å². The molecule has 0 unspecified atom stereocenters. The molecule has 2 aliphatic carbocycles. The van der Waals surface area contributed by atoms with Crippen molar-refractivity contribution < 1.29 is 22.6 Å². The molecule has 5 nitrogen and oxygen atoms in total. The first-order chi connectivity index (χ1) is 27.7. The molecule has 0 saturated carbocycles. The van der Waals surface area contributed by atoms with E-state index in [4.69, 9.17) is 24.4 Å². The number of benzene rings is 6. The van der Waals surface area contributed by atoms with Crippen molar-refractivity contribution in [2.24, 2.45) is 0 Å². The van der Waals surface area contributed by atoms with Crippen LogP contribution in [0, 0.1) is 12.3 Å². The highest BCUT2D eigenvalue weighted by molar-refractivity contribution is 7.48. The summed E-state index contributed by atoms with van der Waals surface area (Å²) in [6.45, 7) is 7.02. The molecule has 0 saturated heterocycles. The molecule has 286 valence electrons. The van der Waals surface area contributed by atoms with Crippen LogP contribution >= 0.6 is 7.82 Å². The second kappa shape index (κ2) is 16.4. The maximum Gasteiger partial charge on any atom is 0.475 e. The SMILES string of the molecule is C#CC(=CCOP(=O)(OCC1c2ccccc2-c2ccccc21)OCC1c2ccccc2-c2ccccc21)CO[Si](c1ccccc1)(c1ccccc1)C(C)(C)C. The molecule has 6 aromatic rings. The standard InChI is InChI=1S/C50H47O5PSi/c1-5-37(34-55-57(50(2,3)4,38-20-8-6-9-21-38)39-22-10-7-11-23-39)32-33-52-56(51,53-35-48-44-28-16-12-24-40(44)41-25-13-17-29-45(41)48)54-36-49-46-30-18-14-26-42(46)43-27-15-19-31-47(43)49/h1,6-32,48-49H,33-36H2,2-4H3. The van der Waals surface area contributed by atoms with Crippen LogP contribution in [0.1, 0.15) is 54.9 Å². The Morgan fingerprint density at radius 1 is 0.596 bits per heavy atom. The van der Waals surface area contributed by atoms with E-state index >= 15 is 0 Å². The average Bonchev–Trinajstić information content (AvgIpc) is 3.74. The average molecular weight is 787 g/mol. The van der Waals surface area contributed by atoms with Gasteiger partial charge in [-0.25, -0.2) is 4.57 Å². The quantitative estimate of drug-likeness (QED) is 0.0625. The maximum absolute atomic E-state index is 14.9. The number of phosphoric ester groups is 1. The first-order valence-corrected chi connectivity index (χ1v) is 22.9. The molecule has 0 N–H and O–H groups in total. The second-order valence-corrected chi connectivity index (χ2v) is 21.6. The van der Waals surface area contributed by atoms with Gasteiger partial charge < -0.3 is 4.43 Å². The molecular formula is C50H47O5PSi. The molecule has 0 bridgehead atoms. The van der Waals surface area contributed by atoms with Gasteiger partial charge in [0.1, 0.15) is 0 Å². The molecule has 6 aromatic carbocycles. The van der Waals surface area contributed by atoms with E-state index in [1.807, 2.05) is 60.7 Å². The van der Waals surface area contributed by atoms with Crippen LogP contribution in [0.15, 0.2) is 169 Å². The Kier molecular flexibility index (Phi) is 11.2. The third kappa shape index (κ3) is 7.56. The first kappa shape index (κ1) is 38.8. The summed E-state index contributed by atoms with van der Waals surface area (Å²) >= 11 is 0. The van der Waals surface area contributed by atoms with Crippen LogP contribution in [0.2, 0.25) is 5.04 Å². The number of phosphoric acid groups is 1. The fourth-order valence-corrected chi connectivity index (χ4v) is 14.3. The molecule has 8 rings (SSSR count). The molecule has 0 atom stereocenters. The lowest BCUT2D eigenvalue weighted by atomic mass is 9.98. The fourth-order valence-electron chi connectivity index (χ4n) is 8.66. The number of rotatable bonds is 14. The summed E-state index contributed by atoms with van der Waals surface area (Å²) in [5.74, 6) is 2.55. The molecule has 0 aromatic heterocycles. The Morgan fingerprint density at radius 2 is 0.965 bits per heavy atom. The summed E-state index contributed by atoms with van der Waals surface area (Å²) in [6, 6.07) is 54.1. The van der Waals surface area contributed by atoms with Crippen LogP contribution in [0.3, 0.4) is 0 Å². The van der Waals surface area contributed by atoms with E-state index in [9.17, 15) is 4.57 Å². The van der Waals surface area contributed by atoms with Gasteiger partial charge in [0, 0.05) is 17.4 Å². The zero-order valence-corrected chi connectivity index (χ0v) is 34.5. The van der Waals surface area contributed by atoms with E-state index in [0.717, 1.165) is 54.9 Å².